The smallest absolute Gasteiger partial charge is 0.207 e. The summed E-state index contributed by atoms with van der Waals surface area (Å²) in [6, 6.07) is 5.77. The first-order valence-electron chi connectivity index (χ1n) is 5.44. The first kappa shape index (κ1) is 12.7. The lowest BCUT2D eigenvalue weighted by molar-refractivity contribution is 0.686. The van der Waals surface area contributed by atoms with Crippen LogP contribution in [0.1, 0.15) is 13.3 Å². The molecule has 1 N–H and O–H groups in total. The van der Waals surface area contributed by atoms with Crippen molar-refractivity contribution in [2.75, 3.05) is 5.32 Å². The molecule has 0 radical (unpaired) electrons. The molecule has 0 unspecified atom stereocenters. The van der Waals surface area contributed by atoms with E-state index in [1.165, 1.54) is 0 Å². The maximum atomic E-state index is 5.93. The molecule has 1 aromatic heterocycles. The molecule has 0 bridgehead atoms. The highest BCUT2D eigenvalue weighted by atomic mass is 127. The number of hydrogen-bond acceptors (Lipinski definition) is 2. The highest BCUT2D eigenvalue weighted by Gasteiger charge is 2.05. The number of nitrogens with one attached hydrogen (secondary N) is 1. The summed E-state index contributed by atoms with van der Waals surface area (Å²) in [7, 11) is 0. The van der Waals surface area contributed by atoms with Gasteiger partial charge in [0.1, 0.15) is 0 Å². The van der Waals surface area contributed by atoms with Crippen LogP contribution >= 0.6 is 34.2 Å². The second-order valence-electron chi connectivity index (χ2n) is 3.69. The topological polar surface area (TPSA) is 29.9 Å². The molecule has 0 aliphatic heterocycles. The van der Waals surface area contributed by atoms with E-state index in [1.807, 2.05) is 24.4 Å². The second-order valence-corrected chi connectivity index (χ2v) is 5.29. The van der Waals surface area contributed by atoms with Gasteiger partial charge in [-0.1, -0.05) is 18.5 Å². The molecule has 1 aromatic carbocycles. The minimum atomic E-state index is 0.747. The molecule has 0 saturated carbocycles. The van der Waals surface area contributed by atoms with E-state index >= 15 is 0 Å². The van der Waals surface area contributed by atoms with E-state index in [1.54, 1.807) is 6.20 Å². The Kier molecular flexibility index (Phi) is 4.28. The zero-order valence-corrected chi connectivity index (χ0v) is 12.4. The SMILES string of the molecule is CCCn1ccnc1Nc1ccc(Cl)cc1I. The minimum Gasteiger partial charge on any atom is -0.325 e. The number of nitrogens with zero attached hydrogens (tertiary/aromatic N) is 2. The lowest BCUT2D eigenvalue weighted by Gasteiger charge is -2.10. The van der Waals surface area contributed by atoms with Crippen LogP contribution in [-0.2, 0) is 6.54 Å². The van der Waals surface area contributed by atoms with E-state index in [0.29, 0.717) is 0 Å². The fraction of sp³-hybridized carbons (Fsp3) is 0.250. The summed E-state index contributed by atoms with van der Waals surface area (Å²) in [5, 5.41) is 4.07. The lowest BCUT2D eigenvalue weighted by Crippen LogP contribution is -2.03. The van der Waals surface area contributed by atoms with E-state index in [2.05, 4.69) is 44.4 Å². The van der Waals surface area contributed by atoms with Gasteiger partial charge in [0.15, 0.2) is 0 Å². The Morgan fingerprint density at radius 1 is 1.47 bits per heavy atom. The zero-order chi connectivity index (χ0) is 12.3. The number of rotatable bonds is 4. The van der Waals surface area contributed by atoms with Gasteiger partial charge in [-0.05, 0) is 47.2 Å². The summed E-state index contributed by atoms with van der Waals surface area (Å²) in [5.41, 5.74) is 1.03. The maximum Gasteiger partial charge on any atom is 0.207 e. The number of hydrogen-bond donors (Lipinski definition) is 1. The molecule has 0 amide bonds. The summed E-state index contributed by atoms with van der Waals surface area (Å²) in [6.07, 6.45) is 4.87. The first-order valence-corrected chi connectivity index (χ1v) is 6.89. The van der Waals surface area contributed by atoms with Crippen LogP contribution in [0, 0.1) is 3.57 Å². The Labute approximate surface area is 119 Å². The van der Waals surface area contributed by atoms with Gasteiger partial charge in [0.25, 0.3) is 0 Å². The van der Waals surface area contributed by atoms with Crippen molar-refractivity contribution in [2.45, 2.75) is 19.9 Å². The van der Waals surface area contributed by atoms with Crippen LogP contribution in [0.15, 0.2) is 30.6 Å². The van der Waals surface area contributed by atoms with Crippen molar-refractivity contribution in [3.63, 3.8) is 0 Å². The number of imidazole rings is 1. The van der Waals surface area contributed by atoms with Crippen LogP contribution in [0.5, 0.6) is 0 Å². The van der Waals surface area contributed by atoms with E-state index in [9.17, 15) is 0 Å². The molecule has 0 fully saturated rings. The number of benzene rings is 1. The molecular formula is C12H13ClIN3. The molecule has 0 spiro atoms. The normalized spacial score (nSPS) is 10.5. The van der Waals surface area contributed by atoms with Gasteiger partial charge < -0.3 is 9.88 Å². The van der Waals surface area contributed by atoms with E-state index in [-0.39, 0.29) is 0 Å². The van der Waals surface area contributed by atoms with Crippen molar-refractivity contribution in [3.8, 4) is 0 Å². The maximum absolute atomic E-state index is 5.93. The van der Waals surface area contributed by atoms with Gasteiger partial charge in [-0.15, -0.1) is 0 Å². The fourth-order valence-corrected chi connectivity index (χ4v) is 2.57. The lowest BCUT2D eigenvalue weighted by atomic mass is 10.3. The first-order chi connectivity index (χ1) is 8.20. The van der Waals surface area contributed by atoms with E-state index in [4.69, 9.17) is 11.6 Å². The molecule has 17 heavy (non-hydrogen) atoms. The third kappa shape index (κ3) is 3.13. The molecular weight excluding hydrogens is 349 g/mol. The molecule has 3 nitrogen and oxygen atoms in total. The minimum absolute atomic E-state index is 0.747. The molecule has 5 heteroatoms. The van der Waals surface area contributed by atoms with Crippen molar-refractivity contribution >= 4 is 45.8 Å². The Balaban J connectivity index is 2.22. The quantitative estimate of drug-likeness (QED) is 0.823. The van der Waals surface area contributed by atoms with Crippen LogP contribution in [0.2, 0.25) is 5.02 Å². The molecule has 0 saturated heterocycles. The number of aromatic nitrogens is 2. The average molecular weight is 362 g/mol. The number of halogens is 2. The molecule has 2 aromatic rings. The van der Waals surface area contributed by atoms with Gasteiger partial charge >= 0.3 is 0 Å². The van der Waals surface area contributed by atoms with Crippen molar-refractivity contribution in [1.29, 1.82) is 0 Å². The van der Waals surface area contributed by atoms with E-state index in [0.717, 1.165) is 33.2 Å². The summed E-state index contributed by atoms with van der Waals surface area (Å²) in [5.74, 6) is 0.868. The van der Waals surface area contributed by atoms with E-state index < -0.39 is 0 Å². The molecule has 90 valence electrons. The molecule has 2 rings (SSSR count). The third-order valence-corrected chi connectivity index (χ3v) is 3.49. The zero-order valence-electron chi connectivity index (χ0n) is 9.45. The molecule has 0 aliphatic rings. The van der Waals surface area contributed by atoms with Crippen LogP contribution < -0.4 is 5.32 Å². The molecule has 0 atom stereocenters. The Hall–Kier alpha value is -0.750. The summed E-state index contributed by atoms with van der Waals surface area (Å²) >= 11 is 8.19. The van der Waals surface area contributed by atoms with Gasteiger partial charge in [0, 0.05) is 27.5 Å². The largest absolute Gasteiger partial charge is 0.325 e. The van der Waals surface area contributed by atoms with Crippen LogP contribution in [0.4, 0.5) is 11.6 Å². The number of anilines is 2. The predicted octanol–water partition coefficient (Wildman–Crippen LogP) is 4.29. The van der Waals surface area contributed by atoms with Crippen molar-refractivity contribution in [1.82, 2.24) is 9.55 Å². The highest BCUT2D eigenvalue weighted by Crippen LogP contribution is 2.24. The van der Waals surface area contributed by atoms with Gasteiger partial charge in [-0.2, -0.15) is 0 Å². The average Bonchev–Trinajstić information content (AvgIpc) is 2.71. The van der Waals surface area contributed by atoms with Crippen LogP contribution in [0.25, 0.3) is 0 Å². The summed E-state index contributed by atoms with van der Waals surface area (Å²) < 4.78 is 3.19. The van der Waals surface area contributed by atoms with Crippen LogP contribution in [0.3, 0.4) is 0 Å². The fourth-order valence-electron chi connectivity index (χ4n) is 1.57. The van der Waals surface area contributed by atoms with Crippen molar-refractivity contribution < 1.29 is 0 Å². The Morgan fingerprint density at radius 3 is 3.00 bits per heavy atom. The van der Waals surface area contributed by atoms with Crippen molar-refractivity contribution in [3.05, 3.63) is 39.2 Å². The number of aryl methyl sites for hydroxylation is 1. The summed E-state index contributed by atoms with van der Waals surface area (Å²) in [6.45, 7) is 3.11. The third-order valence-electron chi connectivity index (χ3n) is 2.36. The molecule has 0 aliphatic carbocycles. The van der Waals surface area contributed by atoms with Crippen molar-refractivity contribution in [2.24, 2.45) is 0 Å². The van der Waals surface area contributed by atoms with Gasteiger partial charge in [0.05, 0.1) is 5.69 Å². The predicted molar refractivity (Wildman–Crippen MR) is 80.0 cm³/mol. The monoisotopic (exact) mass is 361 g/mol. The van der Waals surface area contributed by atoms with Crippen LogP contribution in [-0.4, -0.2) is 9.55 Å². The van der Waals surface area contributed by atoms with Gasteiger partial charge in [-0.3, -0.25) is 0 Å². The second kappa shape index (κ2) is 5.73. The molecule has 1 heterocycles. The Bertz CT molecular complexity index is 510. The van der Waals surface area contributed by atoms with Gasteiger partial charge in [-0.25, -0.2) is 4.98 Å². The standard InChI is InChI=1S/C12H13ClIN3/c1-2-6-17-7-5-15-12(17)16-11-4-3-9(13)8-10(11)14/h3-5,7-8H,2,6H2,1H3,(H,15,16). The highest BCUT2D eigenvalue weighted by molar-refractivity contribution is 14.1. The summed E-state index contributed by atoms with van der Waals surface area (Å²) in [4.78, 5) is 4.31. The van der Waals surface area contributed by atoms with Gasteiger partial charge in [0.2, 0.25) is 5.95 Å². The Morgan fingerprint density at radius 2 is 2.29 bits per heavy atom.